The van der Waals surface area contributed by atoms with Gasteiger partial charge in [0.15, 0.2) is 25.5 Å². The maximum absolute atomic E-state index is 13.2. The van der Waals surface area contributed by atoms with Crippen molar-refractivity contribution in [2.45, 2.75) is 34.8 Å². The zero-order valence-electron chi connectivity index (χ0n) is 15.7. The van der Waals surface area contributed by atoms with Gasteiger partial charge in [-0.2, -0.15) is 0 Å². The zero-order chi connectivity index (χ0) is 20.0. The summed E-state index contributed by atoms with van der Waals surface area (Å²) in [7, 11) is -5.73. The second kappa shape index (κ2) is 7.24. The van der Waals surface area contributed by atoms with Crippen LogP contribution < -0.4 is 4.74 Å². The Hall–Kier alpha value is -1.20. The highest BCUT2D eigenvalue weighted by molar-refractivity contribution is 7.96. The van der Waals surface area contributed by atoms with Crippen molar-refractivity contribution in [3.63, 3.8) is 0 Å². The molecular weight excluding hydrogens is 406 g/mol. The highest BCUT2D eigenvalue weighted by Gasteiger charge is 2.50. The van der Waals surface area contributed by atoms with Crippen LogP contribution in [0.25, 0.3) is 0 Å². The van der Waals surface area contributed by atoms with Gasteiger partial charge in [0.2, 0.25) is 0 Å². The van der Waals surface area contributed by atoms with E-state index in [4.69, 9.17) is 14.2 Å². The molecule has 0 amide bonds. The molecule has 2 unspecified atom stereocenters. The Morgan fingerprint density at radius 2 is 1.68 bits per heavy atom. The quantitative estimate of drug-likeness (QED) is 0.679. The first-order chi connectivity index (χ1) is 13.2. The van der Waals surface area contributed by atoms with Gasteiger partial charge in [-0.1, -0.05) is 0 Å². The molecule has 0 radical (unpaired) electrons. The van der Waals surface area contributed by atoms with Gasteiger partial charge in [-0.25, -0.2) is 16.8 Å². The Bertz CT molecular complexity index is 911. The van der Waals surface area contributed by atoms with E-state index in [0.717, 1.165) is 0 Å². The minimum atomic E-state index is -3.80. The van der Waals surface area contributed by atoms with Gasteiger partial charge in [0.25, 0.3) is 0 Å². The van der Waals surface area contributed by atoms with Crippen LogP contribution in [0.15, 0.2) is 29.2 Å². The summed E-state index contributed by atoms with van der Waals surface area (Å²) in [5.41, 5.74) is 0. The highest BCUT2D eigenvalue weighted by atomic mass is 32.2. The average molecular weight is 432 g/mol. The lowest BCUT2D eigenvalue weighted by molar-refractivity contribution is -0.187. The molecule has 3 fully saturated rings. The molecule has 10 heteroatoms. The second-order valence-electron chi connectivity index (χ2n) is 7.55. The largest absolute Gasteiger partial charge is 0.497 e. The fraction of sp³-hybridized carbons (Fsp3) is 0.667. The molecule has 3 heterocycles. The van der Waals surface area contributed by atoms with Crippen molar-refractivity contribution < 1.29 is 31.0 Å². The summed E-state index contributed by atoms with van der Waals surface area (Å²) in [6.45, 7) is 2.22. The van der Waals surface area contributed by atoms with E-state index in [0.29, 0.717) is 44.9 Å². The summed E-state index contributed by atoms with van der Waals surface area (Å²) in [5, 5.41) is -0.981. The molecule has 156 valence electrons. The van der Waals surface area contributed by atoms with Gasteiger partial charge in [-0.15, -0.1) is 0 Å². The van der Waals surface area contributed by atoms with E-state index in [2.05, 4.69) is 0 Å². The van der Waals surface area contributed by atoms with Gasteiger partial charge < -0.3 is 14.2 Å². The molecule has 0 N–H and O–H groups in total. The number of likely N-dealkylation sites (tertiary alicyclic amines) is 1. The Morgan fingerprint density at radius 3 is 2.25 bits per heavy atom. The van der Waals surface area contributed by atoms with Crippen LogP contribution in [0.3, 0.4) is 0 Å². The van der Waals surface area contributed by atoms with Crippen LogP contribution in [0.2, 0.25) is 0 Å². The highest BCUT2D eigenvalue weighted by Crippen LogP contribution is 2.36. The topological polar surface area (TPSA) is 99.2 Å². The van der Waals surface area contributed by atoms with Crippen LogP contribution in [0.4, 0.5) is 0 Å². The first-order valence-electron chi connectivity index (χ1n) is 9.35. The molecule has 4 rings (SSSR count). The molecular formula is C18H25NO7S2. The standard InChI is InChI=1S/C18H25NO7S2/c1-24-14-2-4-15(5-3-14)28(22,23)17-13-27(20,21)12-16(17)19-8-6-18(7-9-19)25-10-11-26-18/h2-5,16-17H,6-13H2,1H3. The van der Waals surface area contributed by atoms with E-state index in [9.17, 15) is 16.8 Å². The Labute approximate surface area is 165 Å². The van der Waals surface area contributed by atoms with E-state index in [1.807, 2.05) is 4.90 Å². The van der Waals surface area contributed by atoms with E-state index < -0.39 is 36.8 Å². The number of benzene rings is 1. The lowest BCUT2D eigenvalue weighted by atomic mass is 10.0. The lowest BCUT2D eigenvalue weighted by Gasteiger charge is -2.41. The summed E-state index contributed by atoms with van der Waals surface area (Å²) in [4.78, 5) is 2.10. The van der Waals surface area contributed by atoms with E-state index in [1.165, 1.54) is 19.2 Å². The summed E-state index contributed by atoms with van der Waals surface area (Å²) in [5.74, 6) is -0.520. The first-order valence-corrected chi connectivity index (χ1v) is 12.7. The normalized spacial score (nSPS) is 29.9. The van der Waals surface area contributed by atoms with Crippen molar-refractivity contribution in [1.29, 1.82) is 0 Å². The lowest BCUT2D eigenvalue weighted by Crippen LogP contribution is -2.53. The summed E-state index contributed by atoms with van der Waals surface area (Å²) in [6.07, 6.45) is 1.22. The third-order valence-electron chi connectivity index (χ3n) is 5.90. The first kappa shape index (κ1) is 20.1. The number of hydrogen-bond acceptors (Lipinski definition) is 8. The fourth-order valence-electron chi connectivity index (χ4n) is 4.36. The SMILES string of the molecule is COc1ccc(S(=O)(=O)C2CS(=O)(=O)CC2N2CCC3(CC2)OCCO3)cc1. The minimum absolute atomic E-state index is 0.122. The van der Waals surface area contributed by atoms with Crippen molar-refractivity contribution >= 4 is 19.7 Å². The molecule has 1 aromatic carbocycles. The fourth-order valence-corrected chi connectivity index (χ4v) is 9.19. The molecule has 0 saturated carbocycles. The molecule has 0 aromatic heterocycles. The van der Waals surface area contributed by atoms with Crippen molar-refractivity contribution in [2.24, 2.45) is 0 Å². The monoisotopic (exact) mass is 431 g/mol. The van der Waals surface area contributed by atoms with Crippen molar-refractivity contribution in [3.05, 3.63) is 24.3 Å². The van der Waals surface area contributed by atoms with E-state index in [-0.39, 0.29) is 16.4 Å². The number of methoxy groups -OCH3 is 1. The van der Waals surface area contributed by atoms with Crippen molar-refractivity contribution in [1.82, 2.24) is 4.90 Å². The van der Waals surface area contributed by atoms with Gasteiger partial charge in [-0.3, -0.25) is 4.90 Å². The average Bonchev–Trinajstić information content (AvgIpc) is 3.27. The molecule has 3 aliphatic rings. The molecule has 3 saturated heterocycles. The molecule has 3 aliphatic heterocycles. The van der Waals surface area contributed by atoms with Gasteiger partial charge >= 0.3 is 0 Å². The Kier molecular flexibility index (Phi) is 5.20. The summed E-state index contributed by atoms with van der Waals surface area (Å²) < 4.78 is 67.7. The van der Waals surface area contributed by atoms with Crippen LogP contribution >= 0.6 is 0 Å². The van der Waals surface area contributed by atoms with E-state index in [1.54, 1.807) is 12.1 Å². The van der Waals surface area contributed by atoms with Crippen LogP contribution in [0.5, 0.6) is 5.75 Å². The number of hydrogen-bond donors (Lipinski definition) is 0. The smallest absolute Gasteiger partial charge is 0.183 e. The third kappa shape index (κ3) is 3.68. The van der Waals surface area contributed by atoms with Crippen LogP contribution in [-0.4, -0.2) is 83.7 Å². The molecule has 28 heavy (non-hydrogen) atoms. The minimum Gasteiger partial charge on any atom is -0.497 e. The van der Waals surface area contributed by atoms with Crippen LogP contribution in [-0.2, 0) is 29.1 Å². The molecule has 1 aromatic rings. The zero-order valence-corrected chi connectivity index (χ0v) is 17.4. The Balaban J connectivity index is 1.57. The number of sulfone groups is 2. The number of rotatable bonds is 4. The summed E-state index contributed by atoms with van der Waals surface area (Å²) >= 11 is 0. The number of nitrogens with zero attached hydrogens (tertiary/aromatic N) is 1. The van der Waals surface area contributed by atoms with Gasteiger partial charge in [-0.05, 0) is 24.3 Å². The number of ether oxygens (including phenoxy) is 3. The maximum atomic E-state index is 13.2. The van der Waals surface area contributed by atoms with Gasteiger partial charge in [0.05, 0.1) is 42.0 Å². The Morgan fingerprint density at radius 1 is 1.07 bits per heavy atom. The van der Waals surface area contributed by atoms with Crippen molar-refractivity contribution in [2.75, 3.05) is 44.9 Å². The second-order valence-corrected chi connectivity index (χ2v) is 11.9. The predicted octanol–water partition coefficient (Wildman–Crippen LogP) is 0.473. The molecule has 8 nitrogen and oxygen atoms in total. The molecule has 1 spiro atoms. The number of piperidine rings is 1. The summed E-state index contributed by atoms with van der Waals surface area (Å²) in [6, 6.07) is 5.54. The predicted molar refractivity (Wildman–Crippen MR) is 102 cm³/mol. The maximum Gasteiger partial charge on any atom is 0.183 e. The van der Waals surface area contributed by atoms with Gasteiger partial charge in [0, 0.05) is 32.0 Å². The van der Waals surface area contributed by atoms with Crippen molar-refractivity contribution in [3.8, 4) is 5.75 Å². The van der Waals surface area contributed by atoms with Gasteiger partial charge in [0.1, 0.15) is 5.75 Å². The third-order valence-corrected chi connectivity index (χ3v) is 10.0. The van der Waals surface area contributed by atoms with E-state index >= 15 is 0 Å². The molecule has 0 bridgehead atoms. The van der Waals surface area contributed by atoms with Crippen LogP contribution in [0, 0.1) is 0 Å². The molecule has 0 aliphatic carbocycles. The van der Waals surface area contributed by atoms with Crippen LogP contribution in [0.1, 0.15) is 12.8 Å². The molecule has 2 atom stereocenters.